The van der Waals surface area contributed by atoms with E-state index in [4.69, 9.17) is 0 Å². The lowest BCUT2D eigenvalue weighted by molar-refractivity contribution is 0.102. The van der Waals surface area contributed by atoms with Gasteiger partial charge < -0.3 is 5.32 Å². The van der Waals surface area contributed by atoms with E-state index in [1.54, 1.807) is 11.8 Å². The highest BCUT2D eigenvalue weighted by Gasteiger charge is 2.16. The molecule has 0 saturated carbocycles. The highest BCUT2D eigenvalue weighted by molar-refractivity contribution is 7.99. The maximum absolute atomic E-state index is 12.6. The van der Waals surface area contributed by atoms with Crippen LogP contribution < -0.4 is 5.32 Å². The molecule has 0 spiro atoms. The number of hydrogen-bond acceptors (Lipinski definition) is 3. The van der Waals surface area contributed by atoms with Crippen molar-refractivity contribution in [3.05, 3.63) is 59.7 Å². The predicted octanol–water partition coefficient (Wildman–Crippen LogP) is 5.28. The van der Waals surface area contributed by atoms with Crippen LogP contribution >= 0.6 is 11.8 Å². The topological polar surface area (TPSA) is 32.3 Å². The number of benzene rings is 2. The van der Waals surface area contributed by atoms with Crippen LogP contribution in [0.5, 0.6) is 0 Å². The van der Waals surface area contributed by atoms with E-state index in [9.17, 15) is 4.79 Å². The Kier molecular flexibility index (Phi) is 6.75. The van der Waals surface area contributed by atoms with Gasteiger partial charge in [-0.15, -0.1) is 11.8 Å². The summed E-state index contributed by atoms with van der Waals surface area (Å²) in [6.45, 7) is 7.77. The van der Waals surface area contributed by atoms with E-state index >= 15 is 0 Å². The number of rotatable bonds is 6. The van der Waals surface area contributed by atoms with Crippen LogP contribution in [0.3, 0.4) is 0 Å². The van der Waals surface area contributed by atoms with Crippen molar-refractivity contribution in [2.75, 3.05) is 24.2 Å². The number of piperidine rings is 1. The minimum absolute atomic E-state index is 0.0488. The monoisotopic (exact) mass is 368 g/mol. The van der Waals surface area contributed by atoms with Crippen molar-refractivity contribution in [2.45, 2.75) is 38.1 Å². The third-order valence-corrected chi connectivity index (χ3v) is 5.75. The maximum Gasteiger partial charge on any atom is 0.255 e. The first-order valence-corrected chi connectivity index (χ1v) is 10.5. The second kappa shape index (κ2) is 9.24. The fourth-order valence-corrected chi connectivity index (χ4v) is 4.26. The molecule has 3 nitrogen and oxygen atoms in total. The zero-order valence-corrected chi connectivity index (χ0v) is 16.5. The van der Waals surface area contributed by atoms with Crippen LogP contribution in [-0.4, -0.2) is 29.6 Å². The number of nitrogens with zero attached hydrogens (tertiary/aromatic N) is 1. The summed E-state index contributed by atoms with van der Waals surface area (Å²) in [4.78, 5) is 16.2. The smallest absolute Gasteiger partial charge is 0.255 e. The molecule has 26 heavy (non-hydrogen) atoms. The molecular weight excluding hydrogens is 340 g/mol. The summed E-state index contributed by atoms with van der Waals surface area (Å²) in [5.74, 6) is 1.72. The van der Waals surface area contributed by atoms with E-state index in [0.29, 0.717) is 5.56 Å². The molecule has 138 valence electrons. The van der Waals surface area contributed by atoms with Gasteiger partial charge in [0.25, 0.3) is 5.91 Å². The van der Waals surface area contributed by atoms with Gasteiger partial charge in [-0.3, -0.25) is 9.69 Å². The molecule has 1 saturated heterocycles. The number of para-hydroxylation sites is 1. The molecule has 1 fully saturated rings. The Morgan fingerprint density at radius 2 is 1.96 bits per heavy atom. The van der Waals surface area contributed by atoms with Gasteiger partial charge in [0.1, 0.15) is 0 Å². The van der Waals surface area contributed by atoms with Gasteiger partial charge in [-0.25, -0.2) is 0 Å². The number of likely N-dealkylation sites (tertiary alicyclic amines) is 1. The minimum atomic E-state index is -0.0488. The van der Waals surface area contributed by atoms with Crippen molar-refractivity contribution in [3.8, 4) is 0 Å². The van der Waals surface area contributed by atoms with Gasteiger partial charge in [0.2, 0.25) is 0 Å². The van der Waals surface area contributed by atoms with Gasteiger partial charge in [0.15, 0.2) is 0 Å². The molecule has 3 rings (SSSR count). The molecule has 2 aromatic carbocycles. The van der Waals surface area contributed by atoms with Gasteiger partial charge in [-0.1, -0.05) is 38.1 Å². The Hall–Kier alpha value is -1.78. The zero-order chi connectivity index (χ0) is 18.4. The normalized spacial score (nSPS) is 17.8. The standard InChI is InChI=1S/C22H28N2OS/c1-3-26-21-9-5-4-8-20(21)23-22(25)19-12-10-18(11-13-19)16-24-14-6-7-17(2)15-24/h4-5,8-13,17H,3,6-7,14-16H2,1-2H3,(H,23,25)/t17-/m0/s1. The highest BCUT2D eigenvalue weighted by Crippen LogP contribution is 2.27. The Bertz CT molecular complexity index is 729. The van der Waals surface area contributed by atoms with E-state index in [0.717, 1.165) is 28.8 Å². The molecule has 0 aliphatic carbocycles. The number of carbonyl (C=O) groups excluding carboxylic acids is 1. The molecule has 0 aromatic heterocycles. The van der Waals surface area contributed by atoms with Crippen molar-refractivity contribution in [2.24, 2.45) is 5.92 Å². The van der Waals surface area contributed by atoms with Crippen LogP contribution in [0.2, 0.25) is 0 Å². The number of hydrogen-bond donors (Lipinski definition) is 1. The lowest BCUT2D eigenvalue weighted by atomic mass is 9.99. The molecule has 1 atom stereocenters. The Labute approximate surface area is 161 Å². The lowest BCUT2D eigenvalue weighted by Crippen LogP contribution is -2.33. The average molecular weight is 369 g/mol. The summed E-state index contributed by atoms with van der Waals surface area (Å²) in [5.41, 5.74) is 2.87. The van der Waals surface area contributed by atoms with Crippen molar-refractivity contribution < 1.29 is 4.79 Å². The van der Waals surface area contributed by atoms with Crippen molar-refractivity contribution >= 4 is 23.4 Å². The van der Waals surface area contributed by atoms with Crippen molar-refractivity contribution in [1.82, 2.24) is 4.90 Å². The van der Waals surface area contributed by atoms with Gasteiger partial charge in [0, 0.05) is 23.5 Å². The molecule has 1 amide bonds. The maximum atomic E-state index is 12.6. The van der Waals surface area contributed by atoms with Crippen molar-refractivity contribution in [1.29, 1.82) is 0 Å². The lowest BCUT2D eigenvalue weighted by Gasteiger charge is -2.30. The van der Waals surface area contributed by atoms with E-state index in [1.165, 1.54) is 31.5 Å². The van der Waals surface area contributed by atoms with E-state index in [1.807, 2.05) is 36.4 Å². The molecule has 1 aliphatic heterocycles. The van der Waals surface area contributed by atoms with Gasteiger partial charge >= 0.3 is 0 Å². The molecule has 1 aliphatic rings. The predicted molar refractivity (Wildman–Crippen MR) is 111 cm³/mol. The Morgan fingerprint density at radius 1 is 1.19 bits per heavy atom. The fourth-order valence-electron chi connectivity index (χ4n) is 3.50. The van der Waals surface area contributed by atoms with Crippen LogP contribution in [0.1, 0.15) is 42.6 Å². The molecule has 0 bridgehead atoms. The molecular formula is C22H28N2OS. The molecule has 0 unspecified atom stereocenters. The Morgan fingerprint density at radius 3 is 2.69 bits per heavy atom. The summed E-state index contributed by atoms with van der Waals surface area (Å²) < 4.78 is 0. The quantitative estimate of drug-likeness (QED) is 0.704. The summed E-state index contributed by atoms with van der Waals surface area (Å²) in [6.07, 6.45) is 2.63. The first-order valence-electron chi connectivity index (χ1n) is 9.50. The summed E-state index contributed by atoms with van der Waals surface area (Å²) in [7, 11) is 0. The third-order valence-electron chi connectivity index (χ3n) is 4.80. The van der Waals surface area contributed by atoms with Crippen LogP contribution in [0.15, 0.2) is 53.4 Å². The number of carbonyl (C=O) groups is 1. The number of anilines is 1. The van der Waals surface area contributed by atoms with Crippen LogP contribution in [-0.2, 0) is 6.54 Å². The fraction of sp³-hybridized carbons (Fsp3) is 0.409. The van der Waals surface area contributed by atoms with E-state index < -0.39 is 0 Å². The van der Waals surface area contributed by atoms with Gasteiger partial charge in [-0.2, -0.15) is 0 Å². The second-order valence-electron chi connectivity index (χ2n) is 7.06. The largest absolute Gasteiger partial charge is 0.321 e. The molecule has 0 radical (unpaired) electrons. The van der Waals surface area contributed by atoms with Crippen LogP contribution in [0, 0.1) is 5.92 Å². The third kappa shape index (κ3) is 5.12. The van der Waals surface area contributed by atoms with Crippen LogP contribution in [0.4, 0.5) is 5.69 Å². The molecule has 1 N–H and O–H groups in total. The molecule has 1 heterocycles. The first kappa shape index (κ1) is 19.0. The summed E-state index contributed by atoms with van der Waals surface area (Å²) in [6, 6.07) is 16.0. The van der Waals surface area contributed by atoms with Gasteiger partial charge in [0.05, 0.1) is 5.69 Å². The molecule has 4 heteroatoms. The summed E-state index contributed by atoms with van der Waals surface area (Å²) in [5, 5.41) is 3.05. The average Bonchev–Trinajstić information content (AvgIpc) is 2.64. The summed E-state index contributed by atoms with van der Waals surface area (Å²) >= 11 is 1.74. The number of thioether (sulfide) groups is 1. The zero-order valence-electron chi connectivity index (χ0n) is 15.7. The Balaban J connectivity index is 1.62. The van der Waals surface area contributed by atoms with Crippen LogP contribution in [0.25, 0.3) is 0 Å². The van der Waals surface area contributed by atoms with E-state index in [-0.39, 0.29) is 5.91 Å². The number of nitrogens with one attached hydrogen (secondary N) is 1. The van der Waals surface area contributed by atoms with Crippen molar-refractivity contribution in [3.63, 3.8) is 0 Å². The first-order chi connectivity index (χ1) is 12.7. The second-order valence-corrected chi connectivity index (χ2v) is 8.37. The molecule has 2 aromatic rings. The van der Waals surface area contributed by atoms with E-state index in [2.05, 4.69) is 36.2 Å². The number of amides is 1. The van der Waals surface area contributed by atoms with Gasteiger partial charge in [-0.05, 0) is 60.9 Å². The SMILES string of the molecule is CCSc1ccccc1NC(=O)c1ccc(CN2CCC[C@H](C)C2)cc1. The highest BCUT2D eigenvalue weighted by atomic mass is 32.2. The minimum Gasteiger partial charge on any atom is -0.321 e.